The Hall–Kier alpha value is -2.17. The Balaban J connectivity index is 1.44. The highest BCUT2D eigenvalue weighted by Crippen LogP contribution is 2.63. The number of nitrogens with one attached hydrogen (secondary N) is 2. The molecule has 3 aliphatic carbocycles. The lowest BCUT2D eigenvalue weighted by Gasteiger charge is -2.58. The van der Waals surface area contributed by atoms with E-state index < -0.39 is 11.7 Å². The number of fused-ring (bicyclic) bond motifs is 5. The normalized spacial score (nSPS) is 39.0. The second-order valence-corrected chi connectivity index (χ2v) is 10.9. The Bertz CT molecular complexity index is 972. The van der Waals surface area contributed by atoms with Crippen molar-refractivity contribution in [1.29, 1.82) is 0 Å². The van der Waals surface area contributed by atoms with Crippen molar-refractivity contribution in [2.24, 2.45) is 28.6 Å². The first-order valence-corrected chi connectivity index (χ1v) is 11.8. The predicted octanol–water partition coefficient (Wildman–Crippen LogP) is 4.88. The zero-order valence-corrected chi connectivity index (χ0v) is 18.8. The average Bonchev–Trinajstić information content (AvgIpc) is 3.10. The van der Waals surface area contributed by atoms with E-state index in [2.05, 4.69) is 24.5 Å². The highest BCUT2D eigenvalue weighted by atomic mass is 19.1. The van der Waals surface area contributed by atoms with Gasteiger partial charge in [-0.15, -0.1) is 0 Å². The Kier molecular flexibility index (Phi) is 4.80. The van der Waals surface area contributed by atoms with Gasteiger partial charge in [-0.2, -0.15) is 0 Å². The van der Waals surface area contributed by atoms with Crippen LogP contribution in [0.1, 0.15) is 74.7 Å². The first-order chi connectivity index (χ1) is 14.7. The number of hydrogen-bond donors (Lipinski definition) is 2. The lowest BCUT2D eigenvalue weighted by molar-refractivity contribution is -0.123. The third-order valence-electron chi connectivity index (χ3n) is 9.18. The molecule has 0 spiro atoms. The predicted molar refractivity (Wildman–Crippen MR) is 118 cm³/mol. The minimum atomic E-state index is -0.569. The van der Waals surface area contributed by atoms with Gasteiger partial charge in [-0.05, 0) is 92.4 Å². The van der Waals surface area contributed by atoms with Crippen molar-refractivity contribution < 1.29 is 14.0 Å². The molecule has 3 saturated carbocycles. The number of halogens is 1. The van der Waals surface area contributed by atoms with Gasteiger partial charge in [0.15, 0.2) is 0 Å². The molecule has 0 bridgehead atoms. The molecule has 1 unspecified atom stereocenters. The van der Waals surface area contributed by atoms with Crippen molar-refractivity contribution in [2.45, 2.75) is 71.8 Å². The lowest BCUT2D eigenvalue weighted by atomic mass is 9.48. The van der Waals surface area contributed by atoms with E-state index >= 15 is 0 Å². The van der Waals surface area contributed by atoms with E-state index in [9.17, 15) is 14.0 Å². The summed E-state index contributed by atoms with van der Waals surface area (Å²) in [5.41, 5.74) is 1.28. The van der Waals surface area contributed by atoms with Gasteiger partial charge in [-0.25, -0.2) is 4.39 Å². The largest absolute Gasteiger partial charge is 0.347 e. The summed E-state index contributed by atoms with van der Waals surface area (Å²) in [4.78, 5) is 25.6. The summed E-state index contributed by atoms with van der Waals surface area (Å²) in [6.07, 6.45) is 10.6. The quantitative estimate of drug-likeness (QED) is 0.711. The van der Waals surface area contributed by atoms with Crippen molar-refractivity contribution in [3.05, 3.63) is 46.9 Å². The van der Waals surface area contributed by atoms with E-state index in [1.54, 1.807) is 13.0 Å². The van der Waals surface area contributed by atoms with Crippen LogP contribution in [-0.2, 0) is 4.79 Å². The molecule has 1 aliphatic heterocycles. The van der Waals surface area contributed by atoms with Gasteiger partial charge in [0.1, 0.15) is 11.5 Å². The van der Waals surface area contributed by atoms with Crippen molar-refractivity contribution in [3.8, 4) is 0 Å². The maximum Gasteiger partial charge on any atom is 0.267 e. The van der Waals surface area contributed by atoms with Crippen LogP contribution < -0.4 is 10.6 Å². The molecule has 0 saturated heterocycles. The molecule has 6 atom stereocenters. The number of amides is 2. The second-order valence-electron chi connectivity index (χ2n) is 10.9. The van der Waals surface area contributed by atoms with Gasteiger partial charge in [0.05, 0.1) is 5.56 Å². The highest BCUT2D eigenvalue weighted by molar-refractivity contribution is 6.03. The monoisotopic (exact) mass is 424 g/mol. The summed E-state index contributed by atoms with van der Waals surface area (Å²) in [7, 11) is 0. The summed E-state index contributed by atoms with van der Waals surface area (Å²) in [6.45, 7) is 6.52. The molecule has 1 aromatic carbocycles. The standard InChI is InChI=1S/C26H33FN2O2/c1-15-6-7-17(20(27)13-15)23(30)28-21-14-26(3)19-10-12-25(2)11-4-5-18(25)16(19)8-9-22(26)29-24(21)31/h6-7,13-14,16,18-19,22H,4-5,8-12H2,1-3H3,(H,28,30)(H,29,31)/t16-,18-,19+,22?,25-,26+/m0/s1. The molecule has 1 heterocycles. The van der Waals surface area contributed by atoms with Gasteiger partial charge < -0.3 is 10.6 Å². The van der Waals surface area contributed by atoms with Crippen LogP contribution in [0.4, 0.5) is 4.39 Å². The number of carbonyl (C=O) groups excluding carboxylic acids is 2. The van der Waals surface area contributed by atoms with Gasteiger partial charge in [0.25, 0.3) is 11.8 Å². The molecular formula is C26H33FN2O2. The summed E-state index contributed by atoms with van der Waals surface area (Å²) in [6, 6.07) is 4.62. The zero-order chi connectivity index (χ0) is 22.0. The van der Waals surface area contributed by atoms with E-state index in [1.165, 1.54) is 50.7 Å². The number of hydrogen-bond acceptors (Lipinski definition) is 2. The first kappa shape index (κ1) is 20.7. The zero-order valence-electron chi connectivity index (χ0n) is 18.8. The fourth-order valence-electron chi connectivity index (χ4n) is 7.52. The molecule has 1 aromatic rings. The van der Waals surface area contributed by atoms with E-state index in [0.29, 0.717) is 17.3 Å². The maximum atomic E-state index is 14.3. The molecule has 31 heavy (non-hydrogen) atoms. The lowest BCUT2D eigenvalue weighted by Crippen LogP contribution is -2.60. The minimum absolute atomic E-state index is 0.0347. The van der Waals surface area contributed by atoms with Crippen LogP contribution in [0.5, 0.6) is 0 Å². The smallest absolute Gasteiger partial charge is 0.267 e. The Labute approximate surface area is 184 Å². The average molecular weight is 425 g/mol. The molecule has 4 aliphatic rings. The molecule has 5 rings (SSSR count). The number of rotatable bonds is 2. The van der Waals surface area contributed by atoms with Crippen molar-refractivity contribution in [1.82, 2.24) is 10.6 Å². The van der Waals surface area contributed by atoms with E-state index in [-0.39, 0.29) is 28.6 Å². The maximum absolute atomic E-state index is 14.3. The SMILES string of the molecule is Cc1ccc(C(=O)NC2=C[C@@]3(C)C(CC[C@@H]4[C@H]3CC[C@]3(C)CCC[C@@H]43)NC2=O)c(F)c1. The van der Waals surface area contributed by atoms with Crippen molar-refractivity contribution >= 4 is 11.8 Å². The Morgan fingerprint density at radius 2 is 1.94 bits per heavy atom. The van der Waals surface area contributed by atoms with Gasteiger partial charge in [-0.3, -0.25) is 9.59 Å². The fraction of sp³-hybridized carbons (Fsp3) is 0.615. The molecule has 4 nitrogen and oxygen atoms in total. The number of benzene rings is 1. The third-order valence-corrected chi connectivity index (χ3v) is 9.18. The number of carbonyl (C=O) groups is 2. The fourth-order valence-corrected chi connectivity index (χ4v) is 7.52. The molecule has 166 valence electrons. The Morgan fingerprint density at radius 3 is 2.71 bits per heavy atom. The van der Waals surface area contributed by atoms with Crippen LogP contribution >= 0.6 is 0 Å². The van der Waals surface area contributed by atoms with Gasteiger partial charge in [0.2, 0.25) is 0 Å². The van der Waals surface area contributed by atoms with Gasteiger partial charge >= 0.3 is 0 Å². The van der Waals surface area contributed by atoms with Crippen molar-refractivity contribution in [3.63, 3.8) is 0 Å². The van der Waals surface area contributed by atoms with E-state index in [0.717, 1.165) is 17.9 Å². The van der Waals surface area contributed by atoms with Gasteiger partial charge in [0, 0.05) is 11.5 Å². The van der Waals surface area contributed by atoms with Crippen LogP contribution in [-0.4, -0.2) is 17.9 Å². The molecular weight excluding hydrogens is 391 g/mol. The van der Waals surface area contributed by atoms with Crippen molar-refractivity contribution in [2.75, 3.05) is 0 Å². The molecule has 2 N–H and O–H groups in total. The molecule has 2 amide bonds. The van der Waals surface area contributed by atoms with E-state index in [1.807, 2.05) is 6.08 Å². The molecule has 0 aromatic heterocycles. The van der Waals surface area contributed by atoms with Crippen LogP contribution in [0.3, 0.4) is 0 Å². The van der Waals surface area contributed by atoms with Crippen LogP contribution in [0.25, 0.3) is 0 Å². The summed E-state index contributed by atoms with van der Waals surface area (Å²) in [5.74, 6) is 0.564. The van der Waals surface area contributed by atoms with Gasteiger partial charge in [-0.1, -0.05) is 26.3 Å². The van der Waals surface area contributed by atoms with Crippen LogP contribution in [0.2, 0.25) is 0 Å². The Morgan fingerprint density at radius 1 is 1.13 bits per heavy atom. The molecule has 3 fully saturated rings. The second kappa shape index (κ2) is 7.18. The minimum Gasteiger partial charge on any atom is -0.347 e. The van der Waals surface area contributed by atoms with E-state index in [4.69, 9.17) is 0 Å². The topological polar surface area (TPSA) is 58.2 Å². The summed E-state index contributed by atoms with van der Waals surface area (Å²) >= 11 is 0. The number of aryl methyl sites for hydroxylation is 1. The molecule has 5 heteroatoms. The third kappa shape index (κ3) is 3.23. The highest BCUT2D eigenvalue weighted by Gasteiger charge is 2.57. The summed E-state index contributed by atoms with van der Waals surface area (Å²) in [5, 5.41) is 5.90. The van der Waals surface area contributed by atoms with Crippen LogP contribution in [0.15, 0.2) is 30.0 Å². The van der Waals surface area contributed by atoms with Crippen LogP contribution in [0, 0.1) is 41.3 Å². The first-order valence-electron chi connectivity index (χ1n) is 11.8. The molecule has 0 radical (unpaired) electrons. The summed E-state index contributed by atoms with van der Waals surface area (Å²) < 4.78 is 14.3.